The highest BCUT2D eigenvalue weighted by molar-refractivity contribution is 9.10. The summed E-state index contributed by atoms with van der Waals surface area (Å²) < 4.78 is 11.9. The number of anilines is 1. The Bertz CT molecular complexity index is 588. The van der Waals surface area contributed by atoms with Crippen molar-refractivity contribution < 1.29 is 9.47 Å². The molecule has 0 saturated carbocycles. The van der Waals surface area contributed by atoms with Gasteiger partial charge >= 0.3 is 0 Å². The standard InChI is InChI=1S/C14H15BrN2O2/c1-3-18-14-11(16)5-7-13(17-14)19-12-6-4-9(2)8-10(12)15/h4-8H,3,16H2,1-2H3. The van der Waals surface area contributed by atoms with Gasteiger partial charge in [0, 0.05) is 6.07 Å². The molecule has 0 bridgehead atoms. The van der Waals surface area contributed by atoms with Gasteiger partial charge in [-0.25, -0.2) is 0 Å². The fraction of sp³-hybridized carbons (Fsp3) is 0.214. The van der Waals surface area contributed by atoms with E-state index in [2.05, 4.69) is 20.9 Å². The van der Waals surface area contributed by atoms with Crippen LogP contribution in [0, 0.1) is 6.92 Å². The van der Waals surface area contributed by atoms with Crippen molar-refractivity contribution in [3.05, 3.63) is 40.4 Å². The van der Waals surface area contributed by atoms with Gasteiger partial charge in [0.05, 0.1) is 16.8 Å². The van der Waals surface area contributed by atoms with E-state index in [1.807, 2.05) is 32.0 Å². The molecular formula is C14H15BrN2O2. The smallest absolute Gasteiger partial charge is 0.240 e. The lowest BCUT2D eigenvalue weighted by atomic mass is 10.2. The highest BCUT2D eigenvalue weighted by Gasteiger charge is 2.07. The van der Waals surface area contributed by atoms with Crippen LogP contribution in [-0.4, -0.2) is 11.6 Å². The van der Waals surface area contributed by atoms with E-state index in [9.17, 15) is 0 Å². The maximum absolute atomic E-state index is 5.77. The summed E-state index contributed by atoms with van der Waals surface area (Å²) in [5, 5.41) is 0. The Balaban J connectivity index is 2.25. The molecule has 2 N–H and O–H groups in total. The quantitative estimate of drug-likeness (QED) is 0.926. The van der Waals surface area contributed by atoms with Gasteiger partial charge in [-0.1, -0.05) is 6.07 Å². The topological polar surface area (TPSA) is 57.4 Å². The second-order valence-corrected chi connectivity index (χ2v) is 4.87. The highest BCUT2D eigenvalue weighted by atomic mass is 79.9. The van der Waals surface area contributed by atoms with Crippen molar-refractivity contribution in [1.29, 1.82) is 0 Å². The first kappa shape index (κ1) is 13.7. The van der Waals surface area contributed by atoms with E-state index < -0.39 is 0 Å². The summed E-state index contributed by atoms with van der Waals surface area (Å²) in [5.41, 5.74) is 7.42. The molecule has 0 aliphatic carbocycles. The Kier molecular flexibility index (Phi) is 4.27. The summed E-state index contributed by atoms with van der Waals surface area (Å²) in [4.78, 5) is 4.23. The van der Waals surface area contributed by atoms with Gasteiger partial charge in [-0.05, 0) is 53.5 Å². The molecule has 0 radical (unpaired) electrons. The highest BCUT2D eigenvalue weighted by Crippen LogP contribution is 2.31. The molecule has 1 aromatic carbocycles. The molecule has 2 rings (SSSR count). The maximum atomic E-state index is 5.77. The third-order valence-corrected chi connectivity index (χ3v) is 3.07. The molecular weight excluding hydrogens is 308 g/mol. The van der Waals surface area contributed by atoms with Crippen molar-refractivity contribution in [1.82, 2.24) is 4.98 Å². The predicted octanol–water partition coefficient (Wildman–Crippen LogP) is 3.93. The van der Waals surface area contributed by atoms with Gasteiger partial charge in [0.2, 0.25) is 11.8 Å². The summed E-state index contributed by atoms with van der Waals surface area (Å²) in [7, 11) is 0. The van der Waals surface area contributed by atoms with Gasteiger partial charge in [0.15, 0.2) is 0 Å². The van der Waals surface area contributed by atoms with Crippen molar-refractivity contribution >= 4 is 21.6 Å². The molecule has 19 heavy (non-hydrogen) atoms. The van der Waals surface area contributed by atoms with E-state index in [-0.39, 0.29) is 0 Å². The van der Waals surface area contributed by atoms with E-state index in [0.717, 1.165) is 10.0 Å². The van der Waals surface area contributed by atoms with E-state index >= 15 is 0 Å². The molecule has 0 aliphatic heterocycles. The van der Waals surface area contributed by atoms with E-state index in [4.69, 9.17) is 15.2 Å². The average Bonchev–Trinajstić information content (AvgIpc) is 2.37. The van der Waals surface area contributed by atoms with Gasteiger partial charge in [0.1, 0.15) is 5.75 Å². The number of ether oxygens (including phenoxy) is 2. The first-order chi connectivity index (χ1) is 9.10. The summed E-state index contributed by atoms with van der Waals surface area (Å²) in [6.07, 6.45) is 0. The fourth-order valence-corrected chi connectivity index (χ4v) is 2.12. The third-order valence-electron chi connectivity index (χ3n) is 2.45. The molecule has 5 heteroatoms. The number of hydrogen-bond donors (Lipinski definition) is 1. The molecule has 0 aliphatic rings. The number of hydrogen-bond acceptors (Lipinski definition) is 4. The normalized spacial score (nSPS) is 10.3. The number of rotatable bonds is 4. The summed E-state index contributed by atoms with van der Waals surface area (Å²) >= 11 is 3.46. The van der Waals surface area contributed by atoms with Gasteiger partial charge in [0.25, 0.3) is 0 Å². The van der Waals surface area contributed by atoms with Crippen molar-refractivity contribution in [2.45, 2.75) is 13.8 Å². The third kappa shape index (κ3) is 3.38. The zero-order valence-electron chi connectivity index (χ0n) is 10.8. The Labute approximate surface area is 120 Å². The second kappa shape index (κ2) is 5.93. The average molecular weight is 323 g/mol. The number of aryl methyl sites for hydroxylation is 1. The van der Waals surface area contributed by atoms with Crippen LogP contribution in [0.5, 0.6) is 17.5 Å². The van der Waals surface area contributed by atoms with Crippen LogP contribution in [0.1, 0.15) is 12.5 Å². The summed E-state index contributed by atoms with van der Waals surface area (Å²) in [6, 6.07) is 9.27. The molecule has 0 saturated heterocycles. The number of nitrogens with two attached hydrogens (primary N) is 1. The lowest BCUT2D eigenvalue weighted by molar-refractivity contribution is 0.323. The minimum absolute atomic E-state index is 0.392. The van der Waals surface area contributed by atoms with E-state index in [0.29, 0.717) is 29.8 Å². The fourth-order valence-electron chi connectivity index (χ4n) is 1.54. The molecule has 2 aromatic rings. The van der Waals surface area contributed by atoms with Crippen LogP contribution in [0.3, 0.4) is 0 Å². The molecule has 0 fully saturated rings. The maximum Gasteiger partial charge on any atom is 0.240 e. The lowest BCUT2D eigenvalue weighted by Crippen LogP contribution is -2.00. The monoisotopic (exact) mass is 322 g/mol. The molecule has 0 unspecified atom stereocenters. The minimum Gasteiger partial charge on any atom is -0.476 e. The van der Waals surface area contributed by atoms with Crippen molar-refractivity contribution in [3.63, 3.8) is 0 Å². The van der Waals surface area contributed by atoms with Crippen molar-refractivity contribution in [2.75, 3.05) is 12.3 Å². The minimum atomic E-state index is 0.392. The zero-order valence-corrected chi connectivity index (χ0v) is 12.4. The molecule has 0 spiro atoms. The van der Waals surface area contributed by atoms with E-state index in [1.165, 1.54) is 0 Å². The summed E-state index contributed by atoms with van der Waals surface area (Å²) in [6.45, 7) is 4.41. The Morgan fingerprint density at radius 1 is 1.26 bits per heavy atom. The number of nitrogens with zero attached hydrogens (tertiary/aromatic N) is 1. The number of aromatic nitrogens is 1. The second-order valence-electron chi connectivity index (χ2n) is 4.01. The molecule has 1 heterocycles. The van der Waals surface area contributed by atoms with Crippen LogP contribution >= 0.6 is 15.9 Å². The number of halogens is 1. The molecule has 1 aromatic heterocycles. The van der Waals surface area contributed by atoms with Crippen molar-refractivity contribution in [2.24, 2.45) is 0 Å². The van der Waals surface area contributed by atoms with Crippen molar-refractivity contribution in [3.8, 4) is 17.5 Å². The predicted molar refractivity (Wildman–Crippen MR) is 78.8 cm³/mol. The molecule has 0 atom stereocenters. The summed E-state index contributed by atoms with van der Waals surface area (Å²) in [5.74, 6) is 1.54. The lowest BCUT2D eigenvalue weighted by Gasteiger charge is -2.10. The number of nitrogen functional groups attached to an aromatic ring is 1. The zero-order chi connectivity index (χ0) is 13.8. The van der Waals surface area contributed by atoms with Crippen LogP contribution in [0.25, 0.3) is 0 Å². The first-order valence-corrected chi connectivity index (χ1v) is 6.72. The SMILES string of the molecule is CCOc1nc(Oc2ccc(C)cc2Br)ccc1N. The van der Waals surface area contributed by atoms with Gasteiger partial charge in [-0.3, -0.25) is 0 Å². The van der Waals surface area contributed by atoms with Gasteiger partial charge in [-0.15, -0.1) is 0 Å². The molecule has 4 nitrogen and oxygen atoms in total. The number of benzene rings is 1. The van der Waals surface area contributed by atoms with Gasteiger partial charge < -0.3 is 15.2 Å². The Morgan fingerprint density at radius 2 is 2.05 bits per heavy atom. The van der Waals surface area contributed by atoms with Crippen LogP contribution in [-0.2, 0) is 0 Å². The van der Waals surface area contributed by atoms with Gasteiger partial charge in [-0.2, -0.15) is 4.98 Å². The van der Waals surface area contributed by atoms with E-state index in [1.54, 1.807) is 12.1 Å². The first-order valence-electron chi connectivity index (χ1n) is 5.93. The molecule has 0 amide bonds. The Hall–Kier alpha value is -1.75. The van der Waals surface area contributed by atoms with Crippen LogP contribution < -0.4 is 15.2 Å². The Morgan fingerprint density at radius 3 is 2.74 bits per heavy atom. The van der Waals surface area contributed by atoms with Crippen LogP contribution in [0.4, 0.5) is 5.69 Å². The number of pyridine rings is 1. The van der Waals surface area contributed by atoms with Crippen LogP contribution in [0.2, 0.25) is 0 Å². The van der Waals surface area contributed by atoms with Crippen LogP contribution in [0.15, 0.2) is 34.8 Å². The largest absolute Gasteiger partial charge is 0.476 e. The molecule has 100 valence electrons.